The highest BCUT2D eigenvalue weighted by molar-refractivity contribution is 14.1. The van der Waals surface area contributed by atoms with E-state index in [0.717, 1.165) is 9.13 Å². The molecule has 0 radical (unpaired) electrons. The van der Waals surface area contributed by atoms with Crippen LogP contribution in [0.5, 0.6) is 0 Å². The van der Waals surface area contributed by atoms with Gasteiger partial charge in [0.15, 0.2) is 0 Å². The van der Waals surface area contributed by atoms with E-state index in [9.17, 15) is 9.59 Å². The SMILES string of the molecule is Cc1ccc(C(=O)NNC(=O)c2ccccc2Cl)cc1I. The van der Waals surface area contributed by atoms with Gasteiger partial charge in [0.05, 0.1) is 10.6 Å². The van der Waals surface area contributed by atoms with Gasteiger partial charge in [0, 0.05) is 9.13 Å². The lowest BCUT2D eigenvalue weighted by molar-refractivity contribution is 0.0846. The Labute approximate surface area is 141 Å². The summed E-state index contributed by atoms with van der Waals surface area (Å²) in [7, 11) is 0. The van der Waals surface area contributed by atoms with Crippen LogP contribution in [0.2, 0.25) is 5.02 Å². The van der Waals surface area contributed by atoms with Gasteiger partial charge < -0.3 is 0 Å². The van der Waals surface area contributed by atoms with E-state index in [4.69, 9.17) is 11.6 Å². The van der Waals surface area contributed by atoms with Crippen LogP contribution in [-0.4, -0.2) is 11.8 Å². The van der Waals surface area contributed by atoms with E-state index in [1.165, 1.54) is 0 Å². The minimum atomic E-state index is -0.462. The third kappa shape index (κ3) is 3.95. The molecule has 2 amide bonds. The van der Waals surface area contributed by atoms with Crippen LogP contribution >= 0.6 is 34.2 Å². The van der Waals surface area contributed by atoms with Gasteiger partial charge in [-0.1, -0.05) is 29.8 Å². The van der Waals surface area contributed by atoms with Crippen LogP contribution in [0, 0.1) is 10.5 Å². The summed E-state index contributed by atoms with van der Waals surface area (Å²) in [5, 5.41) is 0.328. The standard InChI is InChI=1S/C15H12ClIN2O2/c1-9-6-7-10(8-13(9)17)14(20)18-19-15(21)11-4-2-3-5-12(11)16/h2-8H,1H3,(H,18,20)(H,19,21). The van der Waals surface area contributed by atoms with Crippen LogP contribution < -0.4 is 10.9 Å². The Kier molecular flexibility index (Phi) is 5.19. The van der Waals surface area contributed by atoms with E-state index in [-0.39, 0.29) is 5.91 Å². The first-order valence-corrected chi connectivity index (χ1v) is 7.56. The van der Waals surface area contributed by atoms with Crippen molar-refractivity contribution in [3.05, 3.63) is 67.7 Å². The van der Waals surface area contributed by atoms with Gasteiger partial charge in [0.2, 0.25) is 0 Å². The van der Waals surface area contributed by atoms with Gasteiger partial charge in [-0.2, -0.15) is 0 Å². The number of aryl methyl sites for hydroxylation is 1. The molecule has 0 saturated carbocycles. The molecule has 0 bridgehead atoms. The fraction of sp³-hybridized carbons (Fsp3) is 0.0667. The highest BCUT2D eigenvalue weighted by Crippen LogP contribution is 2.15. The molecule has 0 heterocycles. The molecule has 2 aromatic carbocycles. The Morgan fingerprint density at radius 1 is 1.05 bits per heavy atom. The average molecular weight is 415 g/mol. The Hall–Kier alpha value is -1.60. The van der Waals surface area contributed by atoms with E-state index in [1.54, 1.807) is 36.4 Å². The number of hydrogen-bond donors (Lipinski definition) is 2. The van der Waals surface area contributed by atoms with Gasteiger partial charge in [-0.05, 0) is 59.3 Å². The Balaban J connectivity index is 2.02. The molecule has 4 nitrogen and oxygen atoms in total. The summed E-state index contributed by atoms with van der Waals surface area (Å²) in [6, 6.07) is 11.9. The van der Waals surface area contributed by atoms with Crippen LogP contribution in [0.4, 0.5) is 0 Å². The van der Waals surface area contributed by atoms with E-state index >= 15 is 0 Å². The predicted molar refractivity (Wildman–Crippen MR) is 90.3 cm³/mol. The van der Waals surface area contributed by atoms with Crippen LogP contribution in [-0.2, 0) is 0 Å². The van der Waals surface area contributed by atoms with Gasteiger partial charge in [0.1, 0.15) is 0 Å². The average Bonchev–Trinajstić information content (AvgIpc) is 2.47. The molecule has 2 aromatic rings. The van der Waals surface area contributed by atoms with Crippen molar-refractivity contribution < 1.29 is 9.59 Å². The number of benzene rings is 2. The van der Waals surface area contributed by atoms with Crippen molar-refractivity contribution in [3.63, 3.8) is 0 Å². The number of hydrazine groups is 1. The third-order valence-corrected chi connectivity index (χ3v) is 4.33. The summed E-state index contributed by atoms with van der Waals surface area (Å²) in [5.74, 6) is -0.843. The zero-order valence-corrected chi connectivity index (χ0v) is 14.0. The molecule has 0 fully saturated rings. The fourth-order valence-corrected chi connectivity index (χ4v) is 2.37. The molecule has 6 heteroatoms. The lowest BCUT2D eigenvalue weighted by atomic mass is 10.1. The molecule has 2 rings (SSSR count). The maximum absolute atomic E-state index is 12.0. The number of halogens is 2. The zero-order valence-electron chi connectivity index (χ0n) is 11.1. The van der Waals surface area contributed by atoms with Gasteiger partial charge in [0.25, 0.3) is 11.8 Å². The maximum Gasteiger partial charge on any atom is 0.271 e. The predicted octanol–water partition coefficient (Wildman–Crippen LogP) is 3.33. The molecule has 0 saturated heterocycles. The molecule has 21 heavy (non-hydrogen) atoms. The summed E-state index contributed by atoms with van der Waals surface area (Å²) in [6.07, 6.45) is 0. The van der Waals surface area contributed by atoms with Crippen molar-refractivity contribution in [1.29, 1.82) is 0 Å². The molecule has 0 aliphatic heterocycles. The molecule has 0 spiro atoms. The van der Waals surface area contributed by atoms with E-state index in [0.29, 0.717) is 16.1 Å². The molecular formula is C15H12ClIN2O2. The van der Waals surface area contributed by atoms with Crippen LogP contribution in [0.3, 0.4) is 0 Å². The molecule has 108 valence electrons. The first-order chi connectivity index (χ1) is 9.99. The zero-order chi connectivity index (χ0) is 15.4. The molecular weight excluding hydrogens is 403 g/mol. The topological polar surface area (TPSA) is 58.2 Å². The summed E-state index contributed by atoms with van der Waals surface area (Å²) in [5.41, 5.74) is 6.59. The highest BCUT2D eigenvalue weighted by atomic mass is 127. The molecule has 0 aliphatic rings. The van der Waals surface area contributed by atoms with Gasteiger partial charge >= 0.3 is 0 Å². The Morgan fingerprint density at radius 3 is 2.38 bits per heavy atom. The second-order valence-electron chi connectivity index (χ2n) is 4.35. The second-order valence-corrected chi connectivity index (χ2v) is 5.92. The third-order valence-electron chi connectivity index (χ3n) is 2.84. The van der Waals surface area contributed by atoms with Crippen LogP contribution in [0.15, 0.2) is 42.5 Å². The number of hydrogen-bond acceptors (Lipinski definition) is 2. The number of nitrogens with one attached hydrogen (secondary N) is 2. The normalized spacial score (nSPS) is 10.0. The second kappa shape index (κ2) is 6.91. The lowest BCUT2D eigenvalue weighted by Crippen LogP contribution is -2.41. The van der Waals surface area contributed by atoms with Gasteiger partial charge in [-0.25, -0.2) is 0 Å². The maximum atomic E-state index is 12.0. The van der Waals surface area contributed by atoms with E-state index in [2.05, 4.69) is 33.4 Å². The largest absolute Gasteiger partial charge is 0.271 e. The summed E-state index contributed by atoms with van der Waals surface area (Å²) < 4.78 is 0.984. The fourth-order valence-electron chi connectivity index (χ4n) is 1.63. The number of carbonyl (C=O) groups excluding carboxylic acids is 2. The minimum Gasteiger partial charge on any atom is -0.267 e. The first kappa shape index (κ1) is 15.8. The molecule has 2 N–H and O–H groups in total. The quantitative estimate of drug-likeness (QED) is 0.585. The van der Waals surface area contributed by atoms with Gasteiger partial charge in [-0.3, -0.25) is 20.4 Å². The van der Waals surface area contributed by atoms with Crippen molar-refractivity contribution in [2.24, 2.45) is 0 Å². The van der Waals surface area contributed by atoms with Crippen LogP contribution in [0.25, 0.3) is 0 Å². The Morgan fingerprint density at radius 2 is 1.71 bits per heavy atom. The number of rotatable bonds is 2. The summed E-state index contributed by atoms with van der Waals surface area (Å²) >= 11 is 8.07. The highest BCUT2D eigenvalue weighted by Gasteiger charge is 2.12. The van der Waals surface area contributed by atoms with Gasteiger partial charge in [-0.15, -0.1) is 0 Å². The smallest absolute Gasteiger partial charge is 0.267 e. The van der Waals surface area contributed by atoms with E-state index < -0.39 is 5.91 Å². The monoisotopic (exact) mass is 414 g/mol. The molecule has 0 aromatic heterocycles. The lowest BCUT2D eigenvalue weighted by Gasteiger charge is -2.09. The number of amides is 2. The Bertz CT molecular complexity index is 704. The summed E-state index contributed by atoms with van der Waals surface area (Å²) in [4.78, 5) is 23.9. The van der Waals surface area contributed by atoms with Crippen molar-refractivity contribution >= 4 is 46.0 Å². The van der Waals surface area contributed by atoms with E-state index in [1.807, 2.05) is 13.0 Å². The first-order valence-electron chi connectivity index (χ1n) is 6.10. The van der Waals surface area contributed by atoms with Crippen molar-refractivity contribution in [2.75, 3.05) is 0 Å². The molecule has 0 aliphatic carbocycles. The molecule has 0 unspecified atom stereocenters. The van der Waals surface area contributed by atoms with Crippen molar-refractivity contribution in [1.82, 2.24) is 10.9 Å². The number of carbonyl (C=O) groups is 2. The van der Waals surface area contributed by atoms with Crippen LogP contribution in [0.1, 0.15) is 26.3 Å². The van der Waals surface area contributed by atoms with Crippen molar-refractivity contribution in [3.8, 4) is 0 Å². The minimum absolute atomic E-state index is 0.304. The van der Waals surface area contributed by atoms with Crippen molar-refractivity contribution in [2.45, 2.75) is 6.92 Å². The summed E-state index contributed by atoms with van der Waals surface area (Å²) in [6.45, 7) is 1.96. The molecule has 0 atom stereocenters.